The third-order valence-electron chi connectivity index (χ3n) is 3.50. The van der Waals surface area contributed by atoms with Crippen molar-refractivity contribution in [3.05, 3.63) is 55.1 Å². The van der Waals surface area contributed by atoms with E-state index in [1.807, 2.05) is 30.3 Å². The molecule has 3 N–H and O–H groups in total. The lowest BCUT2D eigenvalue weighted by molar-refractivity contribution is 0.117. The Balaban J connectivity index is 1.56. The molecule has 0 aliphatic rings. The van der Waals surface area contributed by atoms with Gasteiger partial charge in [-0.25, -0.2) is 15.0 Å². The van der Waals surface area contributed by atoms with E-state index in [2.05, 4.69) is 31.8 Å². The summed E-state index contributed by atoms with van der Waals surface area (Å²) in [6.45, 7) is 4.22. The van der Waals surface area contributed by atoms with Gasteiger partial charge in [0.05, 0.1) is 6.33 Å². The van der Waals surface area contributed by atoms with Gasteiger partial charge in [0.25, 0.3) is 0 Å². The predicted molar refractivity (Wildman–Crippen MR) is 92.0 cm³/mol. The first-order valence-corrected chi connectivity index (χ1v) is 7.65. The minimum Gasteiger partial charge on any atom is -0.491 e. The van der Waals surface area contributed by atoms with Gasteiger partial charge in [0.1, 0.15) is 30.3 Å². The summed E-state index contributed by atoms with van der Waals surface area (Å²) in [5.74, 6) is 1.36. The Morgan fingerprint density at radius 3 is 3.04 bits per heavy atom. The second kappa shape index (κ2) is 7.56. The molecule has 0 fully saturated rings. The van der Waals surface area contributed by atoms with Gasteiger partial charge < -0.3 is 20.1 Å². The van der Waals surface area contributed by atoms with Crippen molar-refractivity contribution in [2.75, 3.05) is 18.5 Å². The quantitative estimate of drug-likeness (QED) is 0.548. The molecule has 1 aromatic carbocycles. The Bertz CT molecular complexity index is 817. The highest BCUT2D eigenvalue weighted by molar-refractivity contribution is 5.81. The molecule has 0 saturated carbocycles. The summed E-state index contributed by atoms with van der Waals surface area (Å²) >= 11 is 0. The van der Waals surface area contributed by atoms with E-state index in [0.717, 1.165) is 17.7 Å². The van der Waals surface area contributed by atoms with Crippen LogP contribution in [0.2, 0.25) is 0 Å². The molecule has 0 bridgehead atoms. The Hall–Kier alpha value is -2.93. The van der Waals surface area contributed by atoms with Crippen molar-refractivity contribution in [3.8, 4) is 5.75 Å². The molecule has 0 saturated heterocycles. The number of H-pyrrole nitrogens is 1. The van der Waals surface area contributed by atoms with Crippen LogP contribution >= 0.6 is 0 Å². The van der Waals surface area contributed by atoms with Gasteiger partial charge in [-0.1, -0.05) is 24.3 Å². The van der Waals surface area contributed by atoms with Crippen LogP contribution in [0.1, 0.15) is 5.56 Å². The molecule has 0 aliphatic carbocycles. The molecule has 0 amide bonds. The number of anilines is 1. The summed E-state index contributed by atoms with van der Waals surface area (Å²) in [6, 6.07) is 7.73. The molecule has 24 heavy (non-hydrogen) atoms. The fourth-order valence-corrected chi connectivity index (χ4v) is 2.33. The Labute approximate surface area is 139 Å². The number of hydrogen-bond donors (Lipinski definition) is 3. The van der Waals surface area contributed by atoms with Crippen LogP contribution in [0.15, 0.2) is 49.6 Å². The molecule has 3 rings (SSSR count). The maximum Gasteiger partial charge on any atom is 0.182 e. The summed E-state index contributed by atoms with van der Waals surface area (Å²) in [6.07, 6.45) is 4.85. The highest BCUT2D eigenvalue weighted by atomic mass is 16.5. The minimum atomic E-state index is -0.685. The number of benzene rings is 1. The van der Waals surface area contributed by atoms with Crippen LogP contribution in [0, 0.1) is 0 Å². The van der Waals surface area contributed by atoms with Crippen molar-refractivity contribution in [2.45, 2.75) is 12.5 Å². The first-order chi connectivity index (χ1) is 11.8. The summed E-state index contributed by atoms with van der Waals surface area (Å²) in [4.78, 5) is 15.2. The van der Waals surface area contributed by atoms with Crippen LogP contribution < -0.4 is 10.1 Å². The van der Waals surface area contributed by atoms with Crippen molar-refractivity contribution >= 4 is 17.0 Å². The number of aliphatic hydroxyl groups is 1. The number of imidazole rings is 1. The number of nitrogens with zero attached hydrogens (tertiary/aromatic N) is 3. The topological polar surface area (TPSA) is 96.0 Å². The monoisotopic (exact) mass is 325 g/mol. The highest BCUT2D eigenvalue weighted by Gasteiger charge is 2.10. The number of ether oxygens (including phenoxy) is 1. The molecular formula is C17H19N5O2. The zero-order chi connectivity index (χ0) is 16.8. The zero-order valence-electron chi connectivity index (χ0n) is 13.1. The number of nitrogens with one attached hydrogen (secondary N) is 2. The molecular weight excluding hydrogens is 306 g/mol. The maximum atomic E-state index is 10.1. The molecule has 2 aromatic heterocycles. The van der Waals surface area contributed by atoms with E-state index in [-0.39, 0.29) is 6.61 Å². The van der Waals surface area contributed by atoms with Gasteiger partial charge >= 0.3 is 0 Å². The van der Waals surface area contributed by atoms with Crippen molar-refractivity contribution in [1.29, 1.82) is 0 Å². The molecule has 3 aromatic rings. The van der Waals surface area contributed by atoms with Crippen LogP contribution in [0.25, 0.3) is 11.2 Å². The Morgan fingerprint density at radius 2 is 2.17 bits per heavy atom. The van der Waals surface area contributed by atoms with Crippen molar-refractivity contribution in [2.24, 2.45) is 0 Å². The Morgan fingerprint density at radius 1 is 1.29 bits per heavy atom. The smallest absolute Gasteiger partial charge is 0.182 e. The molecule has 7 nitrogen and oxygen atoms in total. The predicted octanol–water partition coefficient (Wildman–Crippen LogP) is 1.93. The summed E-state index contributed by atoms with van der Waals surface area (Å²) in [5.41, 5.74) is 2.33. The normalized spacial score (nSPS) is 12.0. The fourth-order valence-electron chi connectivity index (χ4n) is 2.33. The Kier molecular flexibility index (Phi) is 5.02. The average molecular weight is 325 g/mol. The molecule has 0 radical (unpaired) electrons. The lowest BCUT2D eigenvalue weighted by Gasteiger charge is -2.15. The number of rotatable bonds is 8. The SMILES string of the molecule is C=CCc1ccccc1OCC(O)CNc1ncnc2nc[nH]c12. The van der Waals surface area contributed by atoms with Gasteiger partial charge in [-0.15, -0.1) is 6.58 Å². The first kappa shape index (κ1) is 15.9. The van der Waals surface area contributed by atoms with Gasteiger partial charge in [0, 0.05) is 6.54 Å². The van der Waals surface area contributed by atoms with E-state index in [1.165, 1.54) is 6.33 Å². The lowest BCUT2D eigenvalue weighted by atomic mass is 10.1. The minimum absolute atomic E-state index is 0.179. The number of aliphatic hydroxyl groups excluding tert-OH is 1. The molecule has 1 atom stereocenters. The maximum absolute atomic E-state index is 10.1. The van der Waals surface area contributed by atoms with Crippen LogP contribution in [-0.4, -0.2) is 44.3 Å². The largest absolute Gasteiger partial charge is 0.491 e. The summed E-state index contributed by atoms with van der Waals surface area (Å²) in [5, 5.41) is 13.2. The van der Waals surface area contributed by atoms with E-state index in [0.29, 0.717) is 23.5 Å². The van der Waals surface area contributed by atoms with Crippen LogP contribution in [-0.2, 0) is 6.42 Å². The van der Waals surface area contributed by atoms with E-state index in [1.54, 1.807) is 6.33 Å². The number of hydrogen-bond acceptors (Lipinski definition) is 6. The van der Waals surface area contributed by atoms with E-state index < -0.39 is 6.10 Å². The second-order valence-corrected chi connectivity index (χ2v) is 5.27. The molecule has 1 unspecified atom stereocenters. The summed E-state index contributed by atoms with van der Waals surface area (Å²) < 4.78 is 5.72. The van der Waals surface area contributed by atoms with Crippen molar-refractivity contribution < 1.29 is 9.84 Å². The third-order valence-corrected chi connectivity index (χ3v) is 3.50. The van der Waals surface area contributed by atoms with Gasteiger partial charge in [-0.3, -0.25) is 0 Å². The number of aromatic amines is 1. The number of fused-ring (bicyclic) bond motifs is 1. The molecule has 7 heteroatoms. The first-order valence-electron chi connectivity index (χ1n) is 7.65. The standard InChI is InChI=1S/C17H19N5O2/c1-2-5-12-6-3-4-7-14(12)24-9-13(23)8-18-16-15-17(20-10-19-15)22-11-21-16/h2-4,6-7,10-11,13,23H,1,5,8-9H2,(H2,18,19,20,21,22). The zero-order valence-corrected chi connectivity index (χ0v) is 13.1. The van der Waals surface area contributed by atoms with Crippen molar-refractivity contribution in [1.82, 2.24) is 19.9 Å². The second-order valence-electron chi connectivity index (χ2n) is 5.27. The third kappa shape index (κ3) is 3.69. The van der Waals surface area contributed by atoms with Crippen LogP contribution in [0.3, 0.4) is 0 Å². The van der Waals surface area contributed by atoms with Gasteiger partial charge in [-0.2, -0.15) is 0 Å². The summed E-state index contributed by atoms with van der Waals surface area (Å²) in [7, 11) is 0. The molecule has 124 valence electrons. The molecule has 0 spiro atoms. The number of allylic oxidation sites excluding steroid dienone is 1. The lowest BCUT2D eigenvalue weighted by Crippen LogP contribution is -2.27. The molecule has 2 heterocycles. The number of para-hydroxylation sites is 1. The number of aromatic nitrogens is 4. The van der Waals surface area contributed by atoms with Crippen molar-refractivity contribution in [3.63, 3.8) is 0 Å². The van der Waals surface area contributed by atoms with Gasteiger partial charge in [0.15, 0.2) is 11.5 Å². The van der Waals surface area contributed by atoms with E-state index >= 15 is 0 Å². The fraction of sp³-hybridized carbons (Fsp3) is 0.235. The highest BCUT2D eigenvalue weighted by Crippen LogP contribution is 2.19. The van der Waals surface area contributed by atoms with Gasteiger partial charge in [0.2, 0.25) is 0 Å². The average Bonchev–Trinajstić information content (AvgIpc) is 3.08. The van der Waals surface area contributed by atoms with Crippen LogP contribution in [0.5, 0.6) is 5.75 Å². The van der Waals surface area contributed by atoms with Crippen LogP contribution in [0.4, 0.5) is 5.82 Å². The van der Waals surface area contributed by atoms with Gasteiger partial charge in [-0.05, 0) is 18.1 Å². The van der Waals surface area contributed by atoms with E-state index in [9.17, 15) is 5.11 Å². The molecule has 0 aliphatic heterocycles. The van der Waals surface area contributed by atoms with E-state index in [4.69, 9.17) is 4.74 Å².